The highest BCUT2D eigenvalue weighted by molar-refractivity contribution is 7.90. The Labute approximate surface area is 124 Å². The number of rotatable bonds is 5. The maximum absolute atomic E-state index is 11.7. The van der Waals surface area contributed by atoms with Gasteiger partial charge in [0.25, 0.3) is 0 Å². The van der Waals surface area contributed by atoms with Gasteiger partial charge in [0.15, 0.2) is 9.84 Å². The van der Waals surface area contributed by atoms with Crippen molar-refractivity contribution in [1.82, 2.24) is 5.32 Å². The lowest BCUT2D eigenvalue weighted by atomic mass is 10.2. The molecular weight excluding hydrogens is 302 g/mol. The highest BCUT2D eigenvalue weighted by Gasteiger charge is 2.17. The smallest absolute Gasteiger partial charge is 0.175 e. The summed E-state index contributed by atoms with van der Waals surface area (Å²) in [7, 11) is -3.29. The molecule has 1 fully saturated rings. The van der Waals surface area contributed by atoms with Crippen LogP contribution in [0.3, 0.4) is 0 Å². The number of hydrogen-bond donors (Lipinski definition) is 1. The predicted molar refractivity (Wildman–Crippen MR) is 76.8 cm³/mol. The van der Waals surface area contributed by atoms with E-state index in [1.807, 2.05) is 0 Å². The van der Waals surface area contributed by atoms with Gasteiger partial charge in [-0.1, -0.05) is 17.7 Å². The van der Waals surface area contributed by atoms with Crippen LogP contribution in [-0.4, -0.2) is 47.1 Å². The summed E-state index contributed by atoms with van der Waals surface area (Å²) in [6.07, 6.45) is 1.17. The molecule has 1 N–H and O–H groups in total. The van der Waals surface area contributed by atoms with E-state index in [0.29, 0.717) is 43.5 Å². The van der Waals surface area contributed by atoms with Gasteiger partial charge in [0.1, 0.15) is 0 Å². The number of ether oxygens (including phenoxy) is 2. The Morgan fingerprint density at radius 3 is 2.85 bits per heavy atom. The Hall–Kier alpha value is -0.660. The van der Waals surface area contributed by atoms with Crippen molar-refractivity contribution in [2.24, 2.45) is 0 Å². The first-order valence-corrected chi connectivity index (χ1v) is 8.63. The van der Waals surface area contributed by atoms with Crippen LogP contribution in [0.2, 0.25) is 5.02 Å². The van der Waals surface area contributed by atoms with Crippen molar-refractivity contribution in [2.75, 3.05) is 32.6 Å². The van der Waals surface area contributed by atoms with Crippen LogP contribution >= 0.6 is 11.6 Å². The van der Waals surface area contributed by atoms with Crippen LogP contribution in [0.25, 0.3) is 0 Å². The molecule has 0 saturated carbocycles. The van der Waals surface area contributed by atoms with E-state index >= 15 is 0 Å². The molecule has 1 atom stereocenters. The molecule has 0 aliphatic carbocycles. The number of sulfone groups is 1. The largest absolute Gasteiger partial charge is 0.376 e. The van der Waals surface area contributed by atoms with Gasteiger partial charge >= 0.3 is 0 Å². The molecule has 1 saturated heterocycles. The van der Waals surface area contributed by atoms with E-state index in [4.69, 9.17) is 21.1 Å². The van der Waals surface area contributed by atoms with Gasteiger partial charge in [-0.05, 0) is 12.1 Å². The van der Waals surface area contributed by atoms with E-state index in [0.717, 1.165) is 0 Å². The van der Waals surface area contributed by atoms with Gasteiger partial charge in [-0.25, -0.2) is 8.42 Å². The average Bonchev–Trinajstić information content (AvgIpc) is 2.40. The van der Waals surface area contributed by atoms with Crippen LogP contribution in [0.15, 0.2) is 23.1 Å². The molecule has 0 spiro atoms. The summed E-state index contributed by atoms with van der Waals surface area (Å²) >= 11 is 6.10. The second kappa shape index (κ2) is 6.87. The highest BCUT2D eigenvalue weighted by Crippen LogP contribution is 2.23. The van der Waals surface area contributed by atoms with Crippen molar-refractivity contribution >= 4 is 21.4 Å². The predicted octanol–water partition coefficient (Wildman–Crippen LogP) is 1.25. The molecule has 0 amide bonds. The van der Waals surface area contributed by atoms with Gasteiger partial charge in [0, 0.05) is 29.9 Å². The molecule has 1 heterocycles. The molecule has 7 heteroatoms. The Morgan fingerprint density at radius 2 is 2.20 bits per heavy atom. The molecule has 2 rings (SSSR count). The van der Waals surface area contributed by atoms with Crippen molar-refractivity contribution in [3.8, 4) is 0 Å². The summed E-state index contributed by atoms with van der Waals surface area (Å²) in [5.74, 6) is 0. The van der Waals surface area contributed by atoms with E-state index in [9.17, 15) is 8.42 Å². The van der Waals surface area contributed by atoms with E-state index in [1.54, 1.807) is 18.2 Å². The Balaban J connectivity index is 2.01. The number of halogens is 1. The zero-order valence-electron chi connectivity index (χ0n) is 11.3. The zero-order valence-corrected chi connectivity index (χ0v) is 12.8. The summed E-state index contributed by atoms with van der Waals surface area (Å²) in [5.41, 5.74) is 0.591. The van der Waals surface area contributed by atoms with Crippen LogP contribution in [0, 0.1) is 0 Å². The fraction of sp³-hybridized carbons (Fsp3) is 0.538. The molecule has 1 aliphatic rings. The molecule has 20 heavy (non-hydrogen) atoms. The minimum atomic E-state index is -3.29. The summed E-state index contributed by atoms with van der Waals surface area (Å²) in [5, 5.41) is 3.62. The minimum absolute atomic E-state index is 0.00655. The Morgan fingerprint density at radius 1 is 1.40 bits per heavy atom. The molecule has 1 aliphatic heterocycles. The van der Waals surface area contributed by atoms with Crippen LogP contribution < -0.4 is 5.32 Å². The third kappa shape index (κ3) is 4.17. The normalized spacial score (nSPS) is 20.0. The van der Waals surface area contributed by atoms with Gasteiger partial charge < -0.3 is 14.8 Å². The first-order valence-electron chi connectivity index (χ1n) is 6.36. The van der Waals surface area contributed by atoms with Gasteiger partial charge in [-0.2, -0.15) is 0 Å². The fourth-order valence-corrected chi connectivity index (χ4v) is 3.32. The topological polar surface area (TPSA) is 64.6 Å². The van der Waals surface area contributed by atoms with Crippen LogP contribution in [0.5, 0.6) is 0 Å². The van der Waals surface area contributed by atoms with Crippen molar-refractivity contribution in [3.63, 3.8) is 0 Å². The highest BCUT2D eigenvalue weighted by atomic mass is 35.5. The van der Waals surface area contributed by atoms with Crippen molar-refractivity contribution < 1.29 is 17.9 Å². The molecule has 1 unspecified atom stereocenters. The lowest BCUT2D eigenvalue weighted by Gasteiger charge is -2.23. The summed E-state index contributed by atoms with van der Waals surface area (Å²) in [4.78, 5) is 0.262. The van der Waals surface area contributed by atoms with Gasteiger partial charge in [0.05, 0.1) is 30.8 Å². The van der Waals surface area contributed by atoms with Crippen LogP contribution in [0.4, 0.5) is 0 Å². The number of benzene rings is 1. The Bertz CT molecular complexity index is 555. The van der Waals surface area contributed by atoms with Crippen LogP contribution in [0.1, 0.15) is 5.56 Å². The van der Waals surface area contributed by atoms with Crippen molar-refractivity contribution in [1.29, 1.82) is 0 Å². The fourth-order valence-electron chi connectivity index (χ4n) is 2.07. The first-order chi connectivity index (χ1) is 9.48. The lowest BCUT2D eigenvalue weighted by Crippen LogP contribution is -2.37. The molecule has 0 radical (unpaired) electrons. The number of nitrogens with one attached hydrogen (secondary N) is 1. The lowest BCUT2D eigenvalue weighted by molar-refractivity contribution is -0.0864. The van der Waals surface area contributed by atoms with Crippen molar-refractivity contribution in [3.05, 3.63) is 28.8 Å². The maximum atomic E-state index is 11.7. The third-order valence-corrected chi connectivity index (χ3v) is 4.57. The maximum Gasteiger partial charge on any atom is 0.175 e. The standard InChI is InChI=1S/C13H18ClNO4S/c1-20(16,17)13-4-2-3-12(14)11(13)8-15-7-10-9-18-5-6-19-10/h2-4,10,15H,5-9H2,1H3. The second-order valence-electron chi connectivity index (χ2n) is 4.69. The molecule has 0 bridgehead atoms. The minimum Gasteiger partial charge on any atom is -0.376 e. The molecule has 0 aromatic heterocycles. The average molecular weight is 320 g/mol. The van der Waals surface area contributed by atoms with Crippen molar-refractivity contribution in [2.45, 2.75) is 17.5 Å². The van der Waals surface area contributed by atoms with E-state index in [1.165, 1.54) is 6.26 Å². The van der Waals surface area contributed by atoms with E-state index in [-0.39, 0.29) is 11.0 Å². The first kappa shape index (κ1) is 15.7. The molecular formula is C13H18ClNO4S. The summed E-state index contributed by atoms with van der Waals surface area (Å²) < 4.78 is 34.3. The summed E-state index contributed by atoms with van der Waals surface area (Å²) in [6, 6.07) is 4.90. The molecule has 1 aromatic carbocycles. The third-order valence-electron chi connectivity index (χ3n) is 3.03. The molecule has 112 valence electrons. The summed E-state index contributed by atoms with van der Waals surface area (Å²) in [6.45, 7) is 2.73. The quantitative estimate of drug-likeness (QED) is 0.885. The van der Waals surface area contributed by atoms with E-state index in [2.05, 4.69) is 5.32 Å². The van der Waals surface area contributed by atoms with Gasteiger partial charge in [-0.15, -0.1) is 0 Å². The SMILES string of the molecule is CS(=O)(=O)c1cccc(Cl)c1CNCC1COCCO1. The zero-order chi connectivity index (χ0) is 14.6. The molecule has 5 nitrogen and oxygen atoms in total. The number of hydrogen-bond acceptors (Lipinski definition) is 5. The van der Waals surface area contributed by atoms with Gasteiger partial charge in [-0.3, -0.25) is 0 Å². The van der Waals surface area contributed by atoms with E-state index < -0.39 is 9.84 Å². The monoisotopic (exact) mass is 319 g/mol. The molecule has 1 aromatic rings. The van der Waals surface area contributed by atoms with Gasteiger partial charge in [0.2, 0.25) is 0 Å². The second-order valence-corrected chi connectivity index (χ2v) is 7.08. The van der Waals surface area contributed by atoms with Crippen LogP contribution in [-0.2, 0) is 25.9 Å². The Kier molecular flexibility index (Phi) is 5.40.